The maximum Gasteiger partial charge on any atom is 0.145 e. The molecule has 0 amide bonds. The highest BCUT2D eigenvalue weighted by Crippen LogP contribution is 2.12. The number of rotatable bonds is 4. The molecule has 2 aromatic carbocycles. The zero-order valence-corrected chi connectivity index (χ0v) is 10.5. The normalized spacial score (nSPS) is 13.6. The van der Waals surface area contributed by atoms with E-state index < -0.39 is 12.3 Å². The summed E-state index contributed by atoms with van der Waals surface area (Å²) in [6.45, 7) is 0. The van der Waals surface area contributed by atoms with E-state index in [0.717, 1.165) is 5.56 Å². The van der Waals surface area contributed by atoms with Gasteiger partial charge < -0.3 is 16.2 Å². The minimum absolute atomic E-state index is 0.152. The van der Waals surface area contributed by atoms with Crippen LogP contribution in [-0.4, -0.2) is 17.2 Å². The molecule has 2 atom stereocenters. The van der Waals surface area contributed by atoms with Crippen molar-refractivity contribution in [3.8, 4) is 0 Å². The Labute approximate surface area is 112 Å². The number of hydrogen-bond donors (Lipinski definition) is 4. The van der Waals surface area contributed by atoms with Gasteiger partial charge in [0.1, 0.15) is 12.1 Å². The fourth-order valence-electron chi connectivity index (χ4n) is 1.78. The van der Waals surface area contributed by atoms with E-state index in [9.17, 15) is 5.11 Å². The zero-order chi connectivity index (χ0) is 13.7. The summed E-state index contributed by atoms with van der Waals surface area (Å²) in [5, 5.41) is 20.6. The van der Waals surface area contributed by atoms with Gasteiger partial charge in [0.05, 0.1) is 6.04 Å². The molecule has 1 unspecified atom stereocenters. The third-order valence-corrected chi connectivity index (χ3v) is 2.88. The number of benzene rings is 2. The molecule has 5 N–H and O–H groups in total. The molecule has 0 bridgehead atoms. The van der Waals surface area contributed by atoms with E-state index in [0.29, 0.717) is 5.56 Å². The molecule has 4 heteroatoms. The van der Waals surface area contributed by atoms with Crippen molar-refractivity contribution in [2.75, 3.05) is 0 Å². The SMILES string of the molecule is N=C(NC(O)[C@H](N)c1ccccc1)c1ccccc1. The summed E-state index contributed by atoms with van der Waals surface area (Å²) < 4.78 is 0. The predicted molar refractivity (Wildman–Crippen MR) is 75.8 cm³/mol. The minimum atomic E-state index is -1.00. The van der Waals surface area contributed by atoms with Crippen molar-refractivity contribution in [1.82, 2.24) is 5.32 Å². The average molecular weight is 255 g/mol. The molecule has 19 heavy (non-hydrogen) atoms. The van der Waals surface area contributed by atoms with Gasteiger partial charge in [0.15, 0.2) is 0 Å². The molecule has 0 saturated heterocycles. The van der Waals surface area contributed by atoms with Gasteiger partial charge in [-0.3, -0.25) is 5.41 Å². The summed E-state index contributed by atoms with van der Waals surface area (Å²) in [4.78, 5) is 0. The van der Waals surface area contributed by atoms with Crippen molar-refractivity contribution < 1.29 is 5.11 Å². The van der Waals surface area contributed by atoms with E-state index in [4.69, 9.17) is 11.1 Å². The molecule has 0 aliphatic carbocycles. The van der Waals surface area contributed by atoms with Crippen LogP contribution < -0.4 is 11.1 Å². The largest absolute Gasteiger partial charge is 0.372 e. The average Bonchev–Trinajstić information content (AvgIpc) is 2.48. The molecule has 2 aromatic rings. The van der Waals surface area contributed by atoms with Crippen LogP contribution in [0.25, 0.3) is 0 Å². The molecule has 0 aliphatic heterocycles. The van der Waals surface area contributed by atoms with Crippen molar-refractivity contribution in [2.24, 2.45) is 5.73 Å². The van der Waals surface area contributed by atoms with Crippen molar-refractivity contribution >= 4 is 5.84 Å². The maximum atomic E-state index is 10.0. The number of nitrogens with two attached hydrogens (primary N) is 1. The van der Waals surface area contributed by atoms with E-state index >= 15 is 0 Å². The monoisotopic (exact) mass is 255 g/mol. The fraction of sp³-hybridized carbons (Fsp3) is 0.133. The van der Waals surface area contributed by atoms with Gasteiger partial charge in [-0.05, 0) is 5.56 Å². The summed E-state index contributed by atoms with van der Waals surface area (Å²) >= 11 is 0. The smallest absolute Gasteiger partial charge is 0.145 e. The van der Waals surface area contributed by atoms with Crippen molar-refractivity contribution in [3.05, 3.63) is 71.8 Å². The van der Waals surface area contributed by atoms with E-state index in [1.54, 1.807) is 12.1 Å². The lowest BCUT2D eigenvalue weighted by molar-refractivity contribution is 0.130. The number of aliphatic hydroxyl groups is 1. The zero-order valence-electron chi connectivity index (χ0n) is 10.5. The van der Waals surface area contributed by atoms with Gasteiger partial charge >= 0.3 is 0 Å². The molecule has 4 nitrogen and oxygen atoms in total. The standard InChI is InChI=1S/C15H17N3O/c16-13(11-7-3-1-4-8-11)15(19)18-14(17)12-9-5-2-6-10-12/h1-10,13,15,19H,16H2,(H2,17,18)/t13-,15?/m1/s1. The topological polar surface area (TPSA) is 82.1 Å². The number of amidine groups is 1. The quantitative estimate of drug-likeness (QED) is 0.380. The first-order valence-electron chi connectivity index (χ1n) is 6.07. The Balaban J connectivity index is 2.02. The molecule has 0 spiro atoms. The van der Waals surface area contributed by atoms with Crippen LogP contribution in [0.1, 0.15) is 17.2 Å². The first-order valence-corrected chi connectivity index (χ1v) is 6.07. The number of aliphatic hydroxyl groups excluding tert-OH is 1. The van der Waals surface area contributed by atoms with Crippen LogP contribution in [0.3, 0.4) is 0 Å². The first kappa shape index (κ1) is 13.3. The molecule has 2 rings (SSSR count). The molecule has 0 aliphatic rings. The highest BCUT2D eigenvalue weighted by molar-refractivity contribution is 5.96. The lowest BCUT2D eigenvalue weighted by Gasteiger charge is -2.21. The van der Waals surface area contributed by atoms with Gasteiger partial charge in [-0.15, -0.1) is 0 Å². The second kappa shape index (κ2) is 6.13. The van der Waals surface area contributed by atoms with Crippen LogP contribution in [0.2, 0.25) is 0 Å². The number of nitrogens with one attached hydrogen (secondary N) is 2. The molecular formula is C15H17N3O. The first-order chi connectivity index (χ1) is 9.18. The minimum Gasteiger partial charge on any atom is -0.372 e. The molecule has 0 radical (unpaired) electrons. The highest BCUT2D eigenvalue weighted by atomic mass is 16.3. The molecule has 98 valence electrons. The summed E-state index contributed by atoms with van der Waals surface area (Å²) in [6.07, 6.45) is -1.00. The van der Waals surface area contributed by atoms with Crippen LogP contribution in [-0.2, 0) is 0 Å². The Hall–Kier alpha value is -2.17. The number of hydrogen-bond acceptors (Lipinski definition) is 3. The molecule has 0 saturated carbocycles. The van der Waals surface area contributed by atoms with Crippen LogP contribution in [0.5, 0.6) is 0 Å². The van der Waals surface area contributed by atoms with Crippen molar-refractivity contribution in [3.63, 3.8) is 0 Å². The predicted octanol–water partition coefficient (Wildman–Crippen LogP) is 1.62. The van der Waals surface area contributed by atoms with Crippen LogP contribution in [0, 0.1) is 5.41 Å². The Morgan fingerprint density at radius 3 is 2.11 bits per heavy atom. The van der Waals surface area contributed by atoms with Gasteiger partial charge in [0.25, 0.3) is 0 Å². The molecular weight excluding hydrogens is 238 g/mol. The summed E-state index contributed by atoms with van der Waals surface area (Å²) in [5.74, 6) is 0.152. The Bertz CT molecular complexity index is 528. The summed E-state index contributed by atoms with van der Waals surface area (Å²) in [6, 6.07) is 17.9. The third-order valence-electron chi connectivity index (χ3n) is 2.88. The van der Waals surface area contributed by atoms with Crippen molar-refractivity contribution in [2.45, 2.75) is 12.3 Å². The summed E-state index contributed by atoms with van der Waals surface area (Å²) in [5.41, 5.74) is 7.49. The summed E-state index contributed by atoms with van der Waals surface area (Å²) in [7, 11) is 0. The van der Waals surface area contributed by atoms with E-state index in [1.807, 2.05) is 48.5 Å². The van der Waals surface area contributed by atoms with E-state index in [-0.39, 0.29) is 5.84 Å². The maximum absolute atomic E-state index is 10.0. The lowest BCUT2D eigenvalue weighted by atomic mass is 10.1. The Kier molecular flexibility index (Phi) is 4.28. The van der Waals surface area contributed by atoms with Gasteiger partial charge in [-0.1, -0.05) is 60.7 Å². The van der Waals surface area contributed by atoms with Gasteiger partial charge in [-0.25, -0.2) is 0 Å². The highest BCUT2D eigenvalue weighted by Gasteiger charge is 2.17. The van der Waals surface area contributed by atoms with Crippen molar-refractivity contribution in [1.29, 1.82) is 5.41 Å². The molecule has 0 heterocycles. The van der Waals surface area contributed by atoms with Gasteiger partial charge in [0.2, 0.25) is 0 Å². The van der Waals surface area contributed by atoms with E-state index in [1.165, 1.54) is 0 Å². The molecule has 0 fully saturated rings. The third kappa shape index (κ3) is 3.40. The van der Waals surface area contributed by atoms with Crippen LogP contribution in [0.4, 0.5) is 0 Å². The molecule has 0 aromatic heterocycles. The Morgan fingerprint density at radius 2 is 1.53 bits per heavy atom. The van der Waals surface area contributed by atoms with Gasteiger partial charge in [0, 0.05) is 5.56 Å². The van der Waals surface area contributed by atoms with Crippen LogP contribution >= 0.6 is 0 Å². The van der Waals surface area contributed by atoms with E-state index in [2.05, 4.69) is 5.32 Å². The second-order valence-corrected chi connectivity index (χ2v) is 4.27. The second-order valence-electron chi connectivity index (χ2n) is 4.27. The Morgan fingerprint density at radius 1 is 1.00 bits per heavy atom. The van der Waals surface area contributed by atoms with Gasteiger partial charge in [-0.2, -0.15) is 0 Å². The van der Waals surface area contributed by atoms with Crippen LogP contribution in [0.15, 0.2) is 60.7 Å². The lowest BCUT2D eigenvalue weighted by Crippen LogP contribution is -2.42. The fourth-order valence-corrected chi connectivity index (χ4v) is 1.78.